The summed E-state index contributed by atoms with van der Waals surface area (Å²) in [6, 6.07) is 7.31. The molecule has 1 heterocycles. The molecule has 2 aromatic rings. The van der Waals surface area contributed by atoms with E-state index in [1.54, 1.807) is 11.4 Å². The second kappa shape index (κ2) is 6.62. The van der Waals surface area contributed by atoms with Gasteiger partial charge in [-0.1, -0.05) is 12.1 Å². The predicted molar refractivity (Wildman–Crippen MR) is 73.5 cm³/mol. The number of nitrogens with one attached hydrogen (secondary N) is 1. The van der Waals surface area contributed by atoms with E-state index in [0.717, 1.165) is 5.56 Å². The number of benzene rings is 1. The Morgan fingerprint density at radius 2 is 1.90 bits per heavy atom. The number of hydrogen-bond donors (Lipinski definition) is 1. The third-order valence-corrected chi connectivity index (χ3v) is 3.32. The van der Waals surface area contributed by atoms with Crippen LogP contribution in [0.4, 0.5) is 13.2 Å². The highest BCUT2D eigenvalue weighted by atomic mass is 32.1. The summed E-state index contributed by atoms with van der Waals surface area (Å²) in [6.45, 7) is 0.411. The summed E-state index contributed by atoms with van der Waals surface area (Å²) in [5, 5.41) is 6.31. The lowest BCUT2D eigenvalue weighted by Gasteiger charge is -2.09. The summed E-state index contributed by atoms with van der Waals surface area (Å²) in [5.41, 5.74) is 1.42. The zero-order valence-electron chi connectivity index (χ0n) is 10.8. The first-order valence-electron chi connectivity index (χ1n) is 6.09. The van der Waals surface area contributed by atoms with Crippen molar-refractivity contribution in [1.82, 2.24) is 5.32 Å². The number of ether oxygens (including phenoxy) is 1. The minimum absolute atomic E-state index is 0.159. The highest BCUT2D eigenvalue weighted by Crippen LogP contribution is 2.22. The molecule has 1 N–H and O–H groups in total. The molecule has 3 nitrogen and oxygen atoms in total. The van der Waals surface area contributed by atoms with Gasteiger partial charge in [-0.15, -0.1) is 13.2 Å². The van der Waals surface area contributed by atoms with E-state index in [9.17, 15) is 18.0 Å². The Kier molecular flexibility index (Phi) is 4.85. The number of alkyl halides is 3. The molecule has 2 rings (SSSR count). The number of carbonyl (C=O) groups is 1. The van der Waals surface area contributed by atoms with Crippen LogP contribution < -0.4 is 10.1 Å². The molecule has 1 aromatic carbocycles. The van der Waals surface area contributed by atoms with Crippen LogP contribution in [0.15, 0.2) is 41.1 Å². The average Bonchev–Trinajstić information content (AvgIpc) is 2.93. The second-order valence-corrected chi connectivity index (χ2v) is 4.99. The fourth-order valence-corrected chi connectivity index (χ4v) is 2.31. The van der Waals surface area contributed by atoms with Crippen LogP contribution in [0.2, 0.25) is 0 Å². The lowest BCUT2D eigenvalue weighted by molar-refractivity contribution is -0.274. The van der Waals surface area contributed by atoms with Gasteiger partial charge in [0, 0.05) is 17.5 Å². The molecule has 0 aliphatic heterocycles. The van der Waals surface area contributed by atoms with Crippen LogP contribution in [-0.4, -0.2) is 18.8 Å². The Morgan fingerprint density at radius 1 is 1.19 bits per heavy atom. The van der Waals surface area contributed by atoms with Crippen LogP contribution in [0.1, 0.15) is 15.9 Å². The largest absolute Gasteiger partial charge is 0.573 e. The van der Waals surface area contributed by atoms with E-state index in [4.69, 9.17) is 0 Å². The van der Waals surface area contributed by atoms with Gasteiger partial charge in [-0.3, -0.25) is 4.79 Å². The van der Waals surface area contributed by atoms with Crippen LogP contribution in [-0.2, 0) is 6.42 Å². The summed E-state index contributed by atoms with van der Waals surface area (Å²) in [7, 11) is 0. The van der Waals surface area contributed by atoms with Crippen LogP contribution in [0.3, 0.4) is 0 Å². The predicted octanol–water partition coefficient (Wildman–Crippen LogP) is 3.62. The monoisotopic (exact) mass is 315 g/mol. The molecule has 112 valence electrons. The van der Waals surface area contributed by atoms with Gasteiger partial charge in [-0.25, -0.2) is 0 Å². The summed E-state index contributed by atoms with van der Waals surface area (Å²) in [6.07, 6.45) is -4.15. The Hall–Kier alpha value is -2.02. The van der Waals surface area contributed by atoms with E-state index in [2.05, 4.69) is 10.1 Å². The molecule has 7 heteroatoms. The molecule has 0 aliphatic rings. The van der Waals surface area contributed by atoms with Gasteiger partial charge in [0.15, 0.2) is 0 Å². The maximum Gasteiger partial charge on any atom is 0.573 e. The molecule has 1 aromatic heterocycles. The fourth-order valence-electron chi connectivity index (χ4n) is 1.67. The van der Waals surface area contributed by atoms with Gasteiger partial charge in [0.1, 0.15) is 5.75 Å². The molecule has 0 saturated carbocycles. The van der Waals surface area contributed by atoms with E-state index in [0.29, 0.717) is 18.5 Å². The molecule has 0 fully saturated rings. The number of thiophene rings is 1. The zero-order chi connectivity index (χ0) is 15.3. The second-order valence-electron chi connectivity index (χ2n) is 4.21. The Bertz CT molecular complexity index is 579. The molecule has 0 radical (unpaired) electrons. The van der Waals surface area contributed by atoms with E-state index >= 15 is 0 Å². The van der Waals surface area contributed by atoms with Crippen LogP contribution in [0, 0.1) is 0 Å². The normalized spacial score (nSPS) is 11.2. The van der Waals surface area contributed by atoms with Crippen molar-refractivity contribution in [1.29, 1.82) is 0 Å². The standard InChI is InChI=1S/C14H12F3NO2S/c15-14(16,17)20-12-3-1-10(2-4-12)5-7-18-13(19)11-6-8-21-9-11/h1-4,6,8-9H,5,7H2,(H,18,19). The smallest absolute Gasteiger partial charge is 0.406 e. The van der Waals surface area contributed by atoms with Gasteiger partial charge in [0.2, 0.25) is 0 Å². The lowest BCUT2D eigenvalue weighted by Crippen LogP contribution is -2.25. The third-order valence-electron chi connectivity index (χ3n) is 2.64. The molecule has 21 heavy (non-hydrogen) atoms. The Morgan fingerprint density at radius 3 is 2.48 bits per heavy atom. The van der Waals surface area contributed by atoms with E-state index in [1.807, 2.05) is 5.38 Å². The van der Waals surface area contributed by atoms with Gasteiger partial charge in [-0.05, 0) is 35.6 Å². The summed E-state index contributed by atoms with van der Waals surface area (Å²) in [5.74, 6) is -0.415. The van der Waals surface area contributed by atoms with Crippen molar-refractivity contribution in [3.05, 3.63) is 52.2 Å². The molecule has 0 atom stereocenters. The molecule has 0 saturated heterocycles. The molecular formula is C14H12F3NO2S. The topological polar surface area (TPSA) is 38.3 Å². The first-order chi connectivity index (χ1) is 9.94. The number of halogens is 3. The maximum absolute atomic E-state index is 12.0. The van der Waals surface area contributed by atoms with Crippen molar-refractivity contribution in [2.75, 3.05) is 6.54 Å². The summed E-state index contributed by atoms with van der Waals surface area (Å²) >= 11 is 1.44. The van der Waals surface area contributed by atoms with Crippen molar-refractivity contribution < 1.29 is 22.7 Å². The first kappa shape index (κ1) is 15.4. The summed E-state index contributed by atoms with van der Waals surface area (Å²) in [4.78, 5) is 11.7. The molecular weight excluding hydrogens is 303 g/mol. The van der Waals surface area contributed by atoms with Crippen LogP contribution in [0.5, 0.6) is 5.75 Å². The highest BCUT2D eigenvalue weighted by Gasteiger charge is 2.30. The molecule has 1 amide bonds. The van der Waals surface area contributed by atoms with Gasteiger partial charge in [-0.2, -0.15) is 11.3 Å². The number of rotatable bonds is 5. The molecule has 0 unspecified atom stereocenters. The van der Waals surface area contributed by atoms with E-state index < -0.39 is 6.36 Å². The van der Waals surface area contributed by atoms with Gasteiger partial charge >= 0.3 is 6.36 Å². The van der Waals surface area contributed by atoms with E-state index in [-0.39, 0.29) is 11.7 Å². The third kappa shape index (κ3) is 5.11. The molecule has 0 bridgehead atoms. The number of hydrogen-bond acceptors (Lipinski definition) is 3. The Labute approximate surface area is 123 Å². The van der Waals surface area contributed by atoms with Crippen molar-refractivity contribution >= 4 is 17.2 Å². The minimum atomic E-state index is -4.68. The minimum Gasteiger partial charge on any atom is -0.406 e. The number of carbonyl (C=O) groups excluding carboxylic acids is 1. The van der Waals surface area contributed by atoms with Crippen LogP contribution in [0.25, 0.3) is 0 Å². The van der Waals surface area contributed by atoms with Gasteiger partial charge < -0.3 is 10.1 Å². The first-order valence-corrected chi connectivity index (χ1v) is 7.03. The van der Waals surface area contributed by atoms with Crippen molar-refractivity contribution in [2.24, 2.45) is 0 Å². The molecule has 0 aliphatic carbocycles. The van der Waals surface area contributed by atoms with Crippen molar-refractivity contribution in [3.8, 4) is 5.75 Å². The summed E-state index contributed by atoms with van der Waals surface area (Å²) < 4.78 is 39.8. The fraction of sp³-hybridized carbons (Fsp3) is 0.214. The zero-order valence-corrected chi connectivity index (χ0v) is 11.6. The van der Waals surface area contributed by atoms with Crippen molar-refractivity contribution in [2.45, 2.75) is 12.8 Å². The average molecular weight is 315 g/mol. The SMILES string of the molecule is O=C(NCCc1ccc(OC(F)(F)F)cc1)c1ccsc1. The lowest BCUT2D eigenvalue weighted by atomic mass is 10.1. The van der Waals surface area contributed by atoms with Crippen molar-refractivity contribution in [3.63, 3.8) is 0 Å². The molecule has 0 spiro atoms. The van der Waals surface area contributed by atoms with Crippen LogP contribution >= 0.6 is 11.3 Å². The van der Waals surface area contributed by atoms with E-state index in [1.165, 1.54) is 35.6 Å². The Balaban J connectivity index is 1.80. The maximum atomic E-state index is 12.0. The quantitative estimate of drug-likeness (QED) is 0.915. The van der Waals surface area contributed by atoms with Gasteiger partial charge in [0.05, 0.1) is 0 Å². The number of amides is 1. The highest BCUT2D eigenvalue weighted by molar-refractivity contribution is 7.08. The van der Waals surface area contributed by atoms with Gasteiger partial charge in [0.25, 0.3) is 5.91 Å².